The van der Waals surface area contributed by atoms with Gasteiger partial charge in [0, 0.05) is 16.6 Å². The topological polar surface area (TPSA) is 60.8 Å². The van der Waals surface area contributed by atoms with Crippen molar-refractivity contribution in [3.63, 3.8) is 0 Å². The molecule has 112 valence electrons. The van der Waals surface area contributed by atoms with Crippen LogP contribution in [0.25, 0.3) is 0 Å². The number of hydrogen-bond acceptors (Lipinski definition) is 2. The molecule has 2 rings (SSSR count). The van der Waals surface area contributed by atoms with Crippen molar-refractivity contribution in [3.8, 4) is 0 Å². The van der Waals surface area contributed by atoms with Crippen LogP contribution in [0.1, 0.15) is 24.0 Å². The van der Waals surface area contributed by atoms with Crippen molar-refractivity contribution in [1.29, 1.82) is 0 Å². The van der Waals surface area contributed by atoms with Crippen molar-refractivity contribution >= 4 is 23.5 Å². The van der Waals surface area contributed by atoms with E-state index in [9.17, 15) is 13.3 Å². The van der Waals surface area contributed by atoms with E-state index >= 15 is 0 Å². The Morgan fingerprint density at radius 1 is 1.30 bits per heavy atom. The van der Waals surface area contributed by atoms with Gasteiger partial charge >= 0.3 is 13.3 Å². The van der Waals surface area contributed by atoms with Gasteiger partial charge in [0.15, 0.2) is 0 Å². The molecule has 0 aromatic heterocycles. The fraction of sp³-hybridized carbons (Fsp3) is 0.500. The van der Waals surface area contributed by atoms with Gasteiger partial charge in [-0.15, -0.1) is 0 Å². The molecule has 1 aliphatic rings. The number of hydrogen-bond donors (Lipinski definition) is 2. The lowest BCUT2D eigenvalue weighted by molar-refractivity contribution is 0.0557. The fourth-order valence-electron chi connectivity index (χ4n) is 2.26. The van der Waals surface area contributed by atoms with E-state index in [1.807, 2.05) is 0 Å². The Balaban J connectivity index is 2.23. The maximum Gasteiger partial charge on any atom is 0.399 e. The van der Waals surface area contributed by atoms with E-state index in [-0.39, 0.29) is 4.47 Å². The Labute approximate surface area is 124 Å². The zero-order chi connectivity index (χ0) is 15.0. The first-order valence-electron chi connectivity index (χ1n) is 6.16. The molecule has 1 fully saturated rings. The second kappa shape index (κ2) is 5.81. The minimum absolute atomic E-state index is 0.0162. The molecule has 1 saturated heterocycles. The number of nitrogens with zero attached hydrogens (tertiary/aromatic N) is 1. The molecule has 0 radical (unpaired) electrons. The molecule has 0 unspecified atom stereocenters. The fourth-order valence-corrected chi connectivity index (χ4v) is 3.59. The molecule has 20 heavy (non-hydrogen) atoms. The lowest BCUT2D eigenvalue weighted by Crippen LogP contribution is -2.19. The molecule has 0 amide bonds. The van der Waals surface area contributed by atoms with Crippen molar-refractivity contribution < 1.29 is 23.1 Å². The smallest absolute Gasteiger partial charge is 0.320 e. The molecule has 1 heterocycles. The zero-order valence-electron chi connectivity index (χ0n) is 10.6. The van der Waals surface area contributed by atoms with E-state index in [1.165, 1.54) is 12.1 Å². The standard InChI is InChI=1S/C12H15BrF2NO3P/c13-11-7-9(8-16-5-1-2-6-16)3-4-10(11)12(14,15)20(17,18)19/h3-4,7H,1-2,5-6,8H2,(H2,17,18,19). The van der Waals surface area contributed by atoms with Crippen LogP contribution >= 0.6 is 23.5 Å². The molecule has 8 heteroatoms. The summed E-state index contributed by atoms with van der Waals surface area (Å²) < 4.78 is 38.2. The third-order valence-electron chi connectivity index (χ3n) is 3.33. The Bertz CT molecular complexity index is 544. The summed E-state index contributed by atoms with van der Waals surface area (Å²) in [6.45, 7) is 2.62. The lowest BCUT2D eigenvalue weighted by Gasteiger charge is -2.20. The number of benzene rings is 1. The van der Waals surface area contributed by atoms with Crippen LogP contribution in [0.15, 0.2) is 22.7 Å². The predicted octanol–water partition coefficient (Wildman–Crippen LogP) is 3.27. The summed E-state index contributed by atoms with van der Waals surface area (Å²) in [5, 5.41) is 0. The third kappa shape index (κ3) is 3.28. The maximum absolute atomic E-state index is 13.7. The van der Waals surface area contributed by atoms with Crippen LogP contribution in [-0.4, -0.2) is 27.8 Å². The highest BCUT2D eigenvalue weighted by atomic mass is 79.9. The lowest BCUT2D eigenvalue weighted by atomic mass is 10.1. The van der Waals surface area contributed by atoms with Crippen LogP contribution in [0.4, 0.5) is 8.78 Å². The van der Waals surface area contributed by atoms with Gasteiger partial charge in [0.1, 0.15) is 0 Å². The summed E-state index contributed by atoms with van der Waals surface area (Å²) in [6, 6.07) is 4.06. The molecule has 0 aliphatic carbocycles. The summed E-state index contributed by atoms with van der Waals surface area (Å²) in [7, 11) is -5.54. The molecule has 1 aliphatic heterocycles. The van der Waals surface area contributed by atoms with Gasteiger partial charge in [-0.25, -0.2) is 0 Å². The average molecular weight is 370 g/mol. The normalized spacial score (nSPS) is 17.6. The van der Waals surface area contributed by atoms with Crippen LogP contribution in [0.5, 0.6) is 0 Å². The van der Waals surface area contributed by atoms with Gasteiger partial charge in [-0.05, 0) is 37.6 Å². The molecule has 0 spiro atoms. The van der Waals surface area contributed by atoms with E-state index in [2.05, 4.69) is 20.8 Å². The van der Waals surface area contributed by atoms with Gasteiger partial charge in [0.2, 0.25) is 0 Å². The Hall–Kier alpha value is -0.330. The summed E-state index contributed by atoms with van der Waals surface area (Å²) in [6.07, 6.45) is 2.27. The molecule has 1 aromatic carbocycles. The van der Waals surface area contributed by atoms with E-state index in [0.29, 0.717) is 6.54 Å². The van der Waals surface area contributed by atoms with Gasteiger partial charge in [-0.2, -0.15) is 8.78 Å². The van der Waals surface area contributed by atoms with Crippen LogP contribution < -0.4 is 0 Å². The Morgan fingerprint density at radius 3 is 2.40 bits per heavy atom. The van der Waals surface area contributed by atoms with Crippen molar-refractivity contribution in [2.45, 2.75) is 25.1 Å². The van der Waals surface area contributed by atoms with Gasteiger partial charge < -0.3 is 9.79 Å². The molecule has 0 bridgehead atoms. The SMILES string of the molecule is O=P(O)(O)C(F)(F)c1ccc(CN2CCCC2)cc1Br. The molecular formula is C12H15BrF2NO3P. The Morgan fingerprint density at radius 2 is 1.90 bits per heavy atom. The van der Waals surface area contributed by atoms with E-state index < -0.39 is 18.8 Å². The van der Waals surface area contributed by atoms with Gasteiger partial charge in [0.05, 0.1) is 0 Å². The summed E-state index contributed by atoms with van der Waals surface area (Å²) in [4.78, 5) is 19.7. The highest BCUT2D eigenvalue weighted by Crippen LogP contribution is 2.60. The van der Waals surface area contributed by atoms with Crippen molar-refractivity contribution in [1.82, 2.24) is 4.90 Å². The van der Waals surface area contributed by atoms with Crippen LogP contribution in [0, 0.1) is 0 Å². The van der Waals surface area contributed by atoms with Crippen LogP contribution in [0.2, 0.25) is 0 Å². The van der Waals surface area contributed by atoms with Gasteiger partial charge in [-0.3, -0.25) is 9.46 Å². The van der Waals surface area contributed by atoms with Gasteiger partial charge in [0.25, 0.3) is 0 Å². The summed E-state index contributed by atoms with van der Waals surface area (Å²) in [5.41, 5.74) is -4.03. The average Bonchev–Trinajstić information content (AvgIpc) is 2.80. The quantitative estimate of drug-likeness (QED) is 0.799. The highest BCUT2D eigenvalue weighted by molar-refractivity contribution is 9.10. The number of rotatable bonds is 4. The molecule has 0 saturated carbocycles. The first kappa shape index (κ1) is 16.0. The van der Waals surface area contributed by atoms with E-state index in [1.54, 1.807) is 0 Å². The molecule has 1 aromatic rings. The minimum Gasteiger partial charge on any atom is -0.320 e. The maximum atomic E-state index is 13.7. The van der Waals surface area contributed by atoms with Crippen molar-refractivity contribution in [2.75, 3.05) is 13.1 Å². The van der Waals surface area contributed by atoms with Crippen LogP contribution in [-0.2, 0) is 16.8 Å². The zero-order valence-corrected chi connectivity index (χ0v) is 13.1. The number of alkyl halides is 2. The molecular weight excluding hydrogens is 355 g/mol. The largest absolute Gasteiger partial charge is 0.399 e. The minimum atomic E-state index is -5.54. The second-order valence-corrected chi connectivity index (χ2v) is 7.39. The second-order valence-electron chi connectivity index (χ2n) is 4.88. The third-order valence-corrected chi connectivity index (χ3v) is 4.96. The first-order chi connectivity index (χ1) is 9.22. The molecule has 0 atom stereocenters. The van der Waals surface area contributed by atoms with Gasteiger partial charge in [-0.1, -0.05) is 28.1 Å². The first-order valence-corrected chi connectivity index (χ1v) is 8.57. The number of halogens is 3. The predicted molar refractivity (Wildman–Crippen MR) is 74.6 cm³/mol. The van der Waals surface area contributed by atoms with Crippen molar-refractivity contribution in [3.05, 3.63) is 33.8 Å². The number of likely N-dealkylation sites (tertiary alicyclic amines) is 1. The summed E-state index contributed by atoms with van der Waals surface area (Å²) >= 11 is 2.98. The Kier molecular flexibility index (Phi) is 4.66. The van der Waals surface area contributed by atoms with E-state index in [0.717, 1.165) is 37.6 Å². The molecule has 4 nitrogen and oxygen atoms in total. The van der Waals surface area contributed by atoms with E-state index in [4.69, 9.17) is 9.79 Å². The highest BCUT2D eigenvalue weighted by Gasteiger charge is 2.51. The summed E-state index contributed by atoms with van der Waals surface area (Å²) in [5.74, 6) is 0. The van der Waals surface area contributed by atoms with Crippen molar-refractivity contribution in [2.24, 2.45) is 0 Å². The monoisotopic (exact) mass is 369 g/mol. The van der Waals surface area contributed by atoms with Crippen LogP contribution in [0.3, 0.4) is 0 Å². The molecule has 2 N–H and O–H groups in total.